The molecule has 1 atom stereocenters. The van der Waals surface area contributed by atoms with Gasteiger partial charge in [0.15, 0.2) is 0 Å². The van der Waals surface area contributed by atoms with E-state index in [4.69, 9.17) is 0 Å². The van der Waals surface area contributed by atoms with Gasteiger partial charge in [0, 0.05) is 24.8 Å². The first-order chi connectivity index (χ1) is 6.25. The summed E-state index contributed by atoms with van der Waals surface area (Å²) >= 11 is 0. The molecule has 3 heteroatoms. The normalized spacial score (nSPS) is 21.5. The Labute approximate surface area is 77.2 Å². The van der Waals surface area contributed by atoms with Crippen molar-refractivity contribution in [3.05, 3.63) is 29.6 Å². The van der Waals surface area contributed by atoms with Crippen LogP contribution in [0.5, 0.6) is 0 Å². The van der Waals surface area contributed by atoms with Gasteiger partial charge in [-0.15, -0.1) is 0 Å². The Hall–Kier alpha value is -1.09. The number of hydrogen-bond donors (Lipinski definition) is 2. The lowest BCUT2D eigenvalue weighted by atomic mass is 10.2. The second-order valence-corrected chi connectivity index (χ2v) is 3.46. The van der Waals surface area contributed by atoms with Gasteiger partial charge in [-0.25, -0.2) is 4.39 Å². The molecule has 70 valence electrons. The summed E-state index contributed by atoms with van der Waals surface area (Å²) in [6, 6.07) is 5.29. The van der Waals surface area contributed by atoms with Gasteiger partial charge in [-0.2, -0.15) is 0 Å². The summed E-state index contributed by atoms with van der Waals surface area (Å²) in [6.07, 6.45) is 0. The van der Waals surface area contributed by atoms with Crippen molar-refractivity contribution in [2.45, 2.75) is 19.5 Å². The molecule has 0 aliphatic carbocycles. The lowest BCUT2D eigenvalue weighted by Crippen LogP contribution is -2.29. The summed E-state index contributed by atoms with van der Waals surface area (Å²) in [7, 11) is 0. The zero-order valence-electron chi connectivity index (χ0n) is 7.60. The van der Waals surface area contributed by atoms with Crippen molar-refractivity contribution < 1.29 is 4.39 Å². The predicted molar refractivity (Wildman–Crippen MR) is 51.2 cm³/mol. The van der Waals surface area contributed by atoms with Gasteiger partial charge in [-0.3, -0.25) is 0 Å². The van der Waals surface area contributed by atoms with Crippen LogP contribution in [0.4, 0.5) is 10.1 Å². The van der Waals surface area contributed by atoms with Crippen LogP contribution in [0.1, 0.15) is 12.5 Å². The number of anilines is 1. The minimum atomic E-state index is -0.170. The van der Waals surface area contributed by atoms with Crippen LogP contribution in [-0.2, 0) is 6.54 Å². The van der Waals surface area contributed by atoms with E-state index in [0.29, 0.717) is 6.04 Å². The molecule has 2 nitrogen and oxygen atoms in total. The molecule has 1 unspecified atom stereocenters. The highest BCUT2D eigenvalue weighted by molar-refractivity contribution is 5.52. The predicted octanol–water partition coefficient (Wildman–Crippen LogP) is 1.73. The topological polar surface area (TPSA) is 24.1 Å². The van der Waals surface area contributed by atoms with E-state index in [1.807, 2.05) is 0 Å². The fourth-order valence-electron chi connectivity index (χ4n) is 1.50. The van der Waals surface area contributed by atoms with E-state index < -0.39 is 0 Å². The van der Waals surface area contributed by atoms with E-state index in [2.05, 4.69) is 17.6 Å². The van der Waals surface area contributed by atoms with Gasteiger partial charge in [-0.1, -0.05) is 0 Å². The van der Waals surface area contributed by atoms with Crippen LogP contribution >= 0.6 is 0 Å². The molecule has 0 radical (unpaired) electrons. The third-order valence-electron chi connectivity index (χ3n) is 2.31. The summed E-state index contributed by atoms with van der Waals surface area (Å²) in [5.74, 6) is -0.170. The van der Waals surface area contributed by atoms with E-state index in [1.165, 1.54) is 6.07 Å². The second-order valence-electron chi connectivity index (χ2n) is 3.46. The number of nitrogens with one attached hydrogen (secondary N) is 2. The third-order valence-corrected chi connectivity index (χ3v) is 2.31. The lowest BCUT2D eigenvalue weighted by molar-refractivity contribution is 0.577. The molecule has 1 aliphatic rings. The van der Waals surface area contributed by atoms with Crippen LogP contribution < -0.4 is 10.6 Å². The molecule has 1 aromatic rings. The molecule has 2 N–H and O–H groups in total. The van der Waals surface area contributed by atoms with Crippen molar-refractivity contribution >= 4 is 5.69 Å². The van der Waals surface area contributed by atoms with Gasteiger partial charge < -0.3 is 10.6 Å². The van der Waals surface area contributed by atoms with Crippen molar-refractivity contribution in [2.24, 2.45) is 0 Å². The van der Waals surface area contributed by atoms with Crippen LogP contribution in [-0.4, -0.2) is 12.6 Å². The molecule has 13 heavy (non-hydrogen) atoms. The third kappa shape index (κ3) is 1.80. The highest BCUT2D eigenvalue weighted by atomic mass is 19.1. The Morgan fingerprint density at radius 2 is 2.31 bits per heavy atom. The standard InChI is InChI=1S/C10H13FN2/c1-7-5-13-10-3-2-9(11)4-8(10)6-12-7/h2-4,7,12-13H,5-6H2,1H3. The van der Waals surface area contributed by atoms with Gasteiger partial charge in [0.2, 0.25) is 0 Å². The van der Waals surface area contributed by atoms with Gasteiger partial charge in [-0.05, 0) is 30.7 Å². The van der Waals surface area contributed by atoms with Crippen molar-refractivity contribution in [1.82, 2.24) is 5.32 Å². The van der Waals surface area contributed by atoms with Crippen molar-refractivity contribution in [2.75, 3.05) is 11.9 Å². The minimum Gasteiger partial charge on any atom is -0.383 e. The molecular weight excluding hydrogens is 167 g/mol. The van der Waals surface area contributed by atoms with E-state index in [9.17, 15) is 4.39 Å². The largest absolute Gasteiger partial charge is 0.383 e. The van der Waals surface area contributed by atoms with E-state index in [1.54, 1.807) is 12.1 Å². The number of hydrogen-bond acceptors (Lipinski definition) is 2. The van der Waals surface area contributed by atoms with Crippen LogP contribution in [0, 0.1) is 5.82 Å². The molecule has 1 aliphatic heterocycles. The fourth-order valence-corrected chi connectivity index (χ4v) is 1.50. The Morgan fingerprint density at radius 1 is 1.46 bits per heavy atom. The van der Waals surface area contributed by atoms with Gasteiger partial charge >= 0.3 is 0 Å². The van der Waals surface area contributed by atoms with Crippen LogP contribution in [0.25, 0.3) is 0 Å². The molecule has 0 amide bonds. The van der Waals surface area contributed by atoms with Gasteiger partial charge in [0.05, 0.1) is 0 Å². The minimum absolute atomic E-state index is 0.170. The fraction of sp³-hybridized carbons (Fsp3) is 0.400. The monoisotopic (exact) mass is 180 g/mol. The summed E-state index contributed by atoms with van der Waals surface area (Å²) < 4.78 is 12.9. The zero-order chi connectivity index (χ0) is 9.26. The SMILES string of the molecule is CC1CNc2ccc(F)cc2CN1. The Morgan fingerprint density at radius 3 is 3.15 bits per heavy atom. The first-order valence-electron chi connectivity index (χ1n) is 4.51. The van der Waals surface area contributed by atoms with Gasteiger partial charge in [0.1, 0.15) is 5.82 Å². The first-order valence-corrected chi connectivity index (χ1v) is 4.51. The van der Waals surface area contributed by atoms with Crippen molar-refractivity contribution in [3.63, 3.8) is 0 Å². The molecule has 0 fully saturated rings. The average Bonchev–Trinajstić information content (AvgIpc) is 2.29. The number of rotatable bonds is 0. The van der Waals surface area contributed by atoms with Crippen LogP contribution in [0.3, 0.4) is 0 Å². The first kappa shape index (κ1) is 8.51. The smallest absolute Gasteiger partial charge is 0.123 e. The highest BCUT2D eigenvalue weighted by Crippen LogP contribution is 2.18. The Kier molecular flexibility index (Phi) is 2.19. The quantitative estimate of drug-likeness (QED) is 0.635. The molecule has 0 aromatic heterocycles. The molecular formula is C10H13FN2. The lowest BCUT2D eigenvalue weighted by Gasteiger charge is -2.08. The molecule has 1 aromatic carbocycles. The summed E-state index contributed by atoms with van der Waals surface area (Å²) in [6.45, 7) is 3.73. The summed E-state index contributed by atoms with van der Waals surface area (Å²) in [5.41, 5.74) is 2.04. The highest BCUT2D eigenvalue weighted by Gasteiger charge is 2.11. The zero-order valence-corrected chi connectivity index (χ0v) is 7.60. The molecule has 0 saturated heterocycles. The maximum Gasteiger partial charge on any atom is 0.123 e. The molecule has 1 heterocycles. The number of halogens is 1. The van der Waals surface area contributed by atoms with E-state index >= 15 is 0 Å². The average molecular weight is 180 g/mol. The van der Waals surface area contributed by atoms with E-state index in [-0.39, 0.29) is 5.82 Å². The van der Waals surface area contributed by atoms with Crippen molar-refractivity contribution in [1.29, 1.82) is 0 Å². The second kappa shape index (κ2) is 3.34. The maximum atomic E-state index is 12.9. The molecule has 2 rings (SSSR count). The number of fused-ring (bicyclic) bond motifs is 1. The number of benzene rings is 1. The molecule has 0 spiro atoms. The molecule has 0 bridgehead atoms. The van der Waals surface area contributed by atoms with Crippen molar-refractivity contribution in [3.8, 4) is 0 Å². The Balaban J connectivity index is 2.30. The molecule has 0 saturated carbocycles. The van der Waals surface area contributed by atoms with Crippen LogP contribution in [0.15, 0.2) is 18.2 Å². The summed E-state index contributed by atoms with van der Waals surface area (Å²) in [4.78, 5) is 0. The van der Waals surface area contributed by atoms with Gasteiger partial charge in [0.25, 0.3) is 0 Å². The van der Waals surface area contributed by atoms with Crippen LogP contribution in [0.2, 0.25) is 0 Å². The Bertz CT molecular complexity index is 312. The maximum absolute atomic E-state index is 12.9. The summed E-state index contributed by atoms with van der Waals surface area (Å²) in [5, 5.41) is 6.57. The van der Waals surface area contributed by atoms with E-state index in [0.717, 1.165) is 24.3 Å².